The van der Waals surface area contributed by atoms with Gasteiger partial charge in [-0.25, -0.2) is 9.79 Å². The molecular formula is C31H24ClN3O5S. The summed E-state index contributed by atoms with van der Waals surface area (Å²) in [5.41, 5.74) is 3.09. The van der Waals surface area contributed by atoms with Crippen molar-refractivity contribution in [2.75, 3.05) is 14.2 Å². The third-order valence-electron chi connectivity index (χ3n) is 6.60. The van der Waals surface area contributed by atoms with E-state index in [9.17, 15) is 14.9 Å². The van der Waals surface area contributed by atoms with Gasteiger partial charge in [0.1, 0.15) is 6.61 Å². The third-order valence-corrected chi connectivity index (χ3v) is 7.87. The maximum absolute atomic E-state index is 13.8. The molecule has 0 aliphatic carbocycles. The number of benzene rings is 3. The number of thiazole rings is 1. The molecule has 3 aromatic carbocycles. The Morgan fingerprint density at radius 1 is 1.15 bits per heavy atom. The Balaban J connectivity index is 1.57. The third kappa shape index (κ3) is 5.40. The molecule has 1 atom stereocenters. The van der Waals surface area contributed by atoms with Crippen molar-refractivity contribution >= 4 is 35.0 Å². The van der Waals surface area contributed by atoms with E-state index >= 15 is 0 Å². The van der Waals surface area contributed by atoms with Crippen molar-refractivity contribution in [3.05, 3.63) is 125 Å². The van der Waals surface area contributed by atoms with E-state index < -0.39 is 12.0 Å². The van der Waals surface area contributed by atoms with Crippen LogP contribution in [0.3, 0.4) is 0 Å². The molecule has 8 nitrogen and oxygen atoms in total. The molecule has 41 heavy (non-hydrogen) atoms. The number of hydrogen-bond acceptors (Lipinski definition) is 8. The lowest BCUT2D eigenvalue weighted by Crippen LogP contribution is -2.39. The molecule has 0 fully saturated rings. The minimum absolute atomic E-state index is 0.124. The zero-order chi connectivity index (χ0) is 29.1. The van der Waals surface area contributed by atoms with Crippen LogP contribution in [0.2, 0.25) is 5.02 Å². The average Bonchev–Trinajstić information content (AvgIpc) is 3.29. The van der Waals surface area contributed by atoms with Crippen molar-refractivity contribution in [3.63, 3.8) is 0 Å². The largest absolute Gasteiger partial charge is 0.493 e. The fraction of sp³-hybridized carbons (Fsp3) is 0.161. The van der Waals surface area contributed by atoms with E-state index in [1.54, 1.807) is 37.3 Å². The number of nitriles is 1. The van der Waals surface area contributed by atoms with Crippen LogP contribution in [0.4, 0.5) is 0 Å². The van der Waals surface area contributed by atoms with Crippen LogP contribution in [0.25, 0.3) is 6.08 Å². The van der Waals surface area contributed by atoms with Crippen LogP contribution in [-0.4, -0.2) is 24.8 Å². The lowest BCUT2D eigenvalue weighted by Gasteiger charge is -2.24. The number of rotatable bonds is 7. The monoisotopic (exact) mass is 585 g/mol. The van der Waals surface area contributed by atoms with E-state index in [0.29, 0.717) is 48.8 Å². The van der Waals surface area contributed by atoms with Gasteiger partial charge in [0.25, 0.3) is 5.56 Å². The number of hydrogen-bond donors (Lipinski definition) is 0. The first kappa shape index (κ1) is 27.9. The van der Waals surface area contributed by atoms with Crippen LogP contribution in [0.5, 0.6) is 11.5 Å². The van der Waals surface area contributed by atoms with Gasteiger partial charge in [-0.2, -0.15) is 5.26 Å². The summed E-state index contributed by atoms with van der Waals surface area (Å²) in [6, 6.07) is 21.3. The van der Waals surface area contributed by atoms with Gasteiger partial charge in [-0.1, -0.05) is 71.5 Å². The van der Waals surface area contributed by atoms with Crippen molar-refractivity contribution in [2.24, 2.45) is 4.99 Å². The normalized spacial score (nSPS) is 14.6. The van der Waals surface area contributed by atoms with E-state index in [1.807, 2.05) is 42.5 Å². The van der Waals surface area contributed by atoms with Crippen molar-refractivity contribution in [1.82, 2.24) is 4.57 Å². The predicted octanol–water partition coefficient (Wildman–Crippen LogP) is 4.52. The number of carbonyl (C=O) groups is 1. The number of carbonyl (C=O) groups excluding carboxylic acids is 1. The second-order valence-corrected chi connectivity index (χ2v) is 10.5. The number of fused-ring (bicyclic) bond motifs is 1. The SMILES string of the molecule is COC(=O)C1=C(C)N=c2sc(=Cc3cc(Cl)c(OCc4ccccc4C#N)c(OC)c3)c(=O)n2C1c1ccccc1. The van der Waals surface area contributed by atoms with Gasteiger partial charge in [0.05, 0.1) is 52.7 Å². The molecule has 0 saturated heterocycles. The Morgan fingerprint density at radius 2 is 1.88 bits per heavy atom. The second kappa shape index (κ2) is 11.8. The number of methoxy groups -OCH3 is 2. The molecule has 0 saturated carbocycles. The quantitative estimate of drug-likeness (QED) is 0.296. The van der Waals surface area contributed by atoms with Crippen molar-refractivity contribution < 1.29 is 19.0 Å². The van der Waals surface area contributed by atoms with E-state index in [2.05, 4.69) is 11.1 Å². The maximum atomic E-state index is 13.8. The standard InChI is InChI=1S/C31H24ClN3O5S/c1-18-26(30(37)39-3)27(20-9-5-4-6-10-20)35-29(36)25(41-31(35)34-18)15-19-13-23(32)28(24(14-19)38-2)40-17-22-12-8-7-11-21(22)16-33/h4-15,27H,17H2,1-3H3. The molecule has 206 valence electrons. The Kier molecular flexibility index (Phi) is 8.06. The predicted molar refractivity (Wildman–Crippen MR) is 156 cm³/mol. The van der Waals surface area contributed by atoms with E-state index in [-0.39, 0.29) is 17.2 Å². The van der Waals surface area contributed by atoms with Crippen LogP contribution in [-0.2, 0) is 16.1 Å². The first-order chi connectivity index (χ1) is 19.9. The molecule has 10 heteroatoms. The molecular weight excluding hydrogens is 562 g/mol. The highest BCUT2D eigenvalue weighted by molar-refractivity contribution is 7.07. The summed E-state index contributed by atoms with van der Waals surface area (Å²) in [5.74, 6) is 0.152. The molecule has 0 radical (unpaired) electrons. The van der Waals surface area contributed by atoms with Crippen molar-refractivity contribution in [1.29, 1.82) is 5.26 Å². The summed E-state index contributed by atoms with van der Waals surface area (Å²) >= 11 is 7.82. The van der Waals surface area contributed by atoms with Crippen LogP contribution in [0, 0.1) is 11.3 Å². The van der Waals surface area contributed by atoms with Gasteiger partial charge in [-0.3, -0.25) is 9.36 Å². The first-order valence-corrected chi connectivity index (χ1v) is 13.7. The molecule has 5 rings (SSSR count). The molecule has 1 aliphatic heterocycles. The molecule has 0 amide bonds. The minimum atomic E-state index is -0.688. The summed E-state index contributed by atoms with van der Waals surface area (Å²) in [4.78, 5) is 31.6. The summed E-state index contributed by atoms with van der Waals surface area (Å²) in [5, 5.41) is 9.64. The van der Waals surface area contributed by atoms with Crippen LogP contribution >= 0.6 is 22.9 Å². The van der Waals surface area contributed by atoms with Gasteiger partial charge < -0.3 is 14.2 Å². The summed E-state index contributed by atoms with van der Waals surface area (Å²) in [6.07, 6.45) is 1.70. The zero-order valence-electron chi connectivity index (χ0n) is 22.4. The molecule has 2 heterocycles. The maximum Gasteiger partial charge on any atom is 0.338 e. The molecule has 4 aromatic rings. The molecule has 1 aliphatic rings. The van der Waals surface area contributed by atoms with Gasteiger partial charge in [0.15, 0.2) is 16.3 Å². The number of aromatic nitrogens is 1. The van der Waals surface area contributed by atoms with Crippen LogP contribution in [0.15, 0.2) is 87.8 Å². The van der Waals surface area contributed by atoms with Gasteiger partial charge in [0.2, 0.25) is 0 Å². The van der Waals surface area contributed by atoms with Gasteiger partial charge in [-0.15, -0.1) is 0 Å². The van der Waals surface area contributed by atoms with Crippen LogP contribution in [0.1, 0.15) is 35.2 Å². The summed E-state index contributed by atoms with van der Waals surface area (Å²) < 4.78 is 18.5. The topological polar surface area (TPSA) is 103 Å². The highest BCUT2D eigenvalue weighted by atomic mass is 35.5. The van der Waals surface area contributed by atoms with Gasteiger partial charge >= 0.3 is 5.97 Å². The van der Waals surface area contributed by atoms with E-state index in [0.717, 1.165) is 5.56 Å². The Morgan fingerprint density at radius 3 is 2.59 bits per heavy atom. The molecule has 1 aromatic heterocycles. The van der Waals surface area contributed by atoms with E-state index in [1.165, 1.54) is 30.1 Å². The molecule has 0 bridgehead atoms. The van der Waals surface area contributed by atoms with Crippen LogP contribution < -0.4 is 24.4 Å². The Bertz CT molecular complexity index is 1900. The lowest BCUT2D eigenvalue weighted by atomic mass is 9.96. The smallest absolute Gasteiger partial charge is 0.338 e. The summed E-state index contributed by atoms with van der Waals surface area (Å²) in [7, 11) is 2.80. The Labute approximate surface area is 244 Å². The number of halogens is 1. The second-order valence-electron chi connectivity index (χ2n) is 9.08. The molecule has 0 N–H and O–H groups in total. The average molecular weight is 586 g/mol. The molecule has 0 spiro atoms. The van der Waals surface area contributed by atoms with Gasteiger partial charge in [0, 0.05) is 5.56 Å². The highest BCUT2D eigenvalue weighted by Gasteiger charge is 2.33. The summed E-state index contributed by atoms with van der Waals surface area (Å²) in [6.45, 7) is 1.86. The van der Waals surface area contributed by atoms with Crippen molar-refractivity contribution in [2.45, 2.75) is 19.6 Å². The number of nitrogens with zero attached hydrogens (tertiary/aromatic N) is 3. The van der Waals surface area contributed by atoms with Gasteiger partial charge in [-0.05, 0) is 42.3 Å². The fourth-order valence-electron chi connectivity index (χ4n) is 4.66. The zero-order valence-corrected chi connectivity index (χ0v) is 24.0. The van der Waals surface area contributed by atoms with E-state index in [4.69, 9.17) is 25.8 Å². The minimum Gasteiger partial charge on any atom is -0.493 e. The Hall–Kier alpha value is -4.65. The number of esters is 1. The fourth-order valence-corrected chi connectivity index (χ4v) is 5.98. The lowest BCUT2D eigenvalue weighted by molar-refractivity contribution is -0.136. The molecule has 1 unspecified atom stereocenters. The highest BCUT2D eigenvalue weighted by Crippen LogP contribution is 2.37. The van der Waals surface area contributed by atoms with Crippen molar-refractivity contribution in [3.8, 4) is 17.6 Å². The number of ether oxygens (including phenoxy) is 3. The first-order valence-electron chi connectivity index (χ1n) is 12.5. The number of allylic oxidation sites excluding steroid dienone is 1.